The Balaban J connectivity index is 1.20. The molecule has 1 aromatic heterocycles. The van der Waals surface area contributed by atoms with Crippen molar-refractivity contribution in [1.29, 1.82) is 0 Å². The number of imide groups is 1. The molecule has 2 aromatic carbocycles. The second kappa shape index (κ2) is 9.57. The van der Waals surface area contributed by atoms with Crippen molar-refractivity contribution in [2.75, 3.05) is 19.7 Å². The molecule has 0 radical (unpaired) electrons. The molecule has 2 heterocycles. The first-order valence-electron chi connectivity index (χ1n) is 10.4. The van der Waals surface area contributed by atoms with Gasteiger partial charge in [-0.25, -0.2) is 0 Å². The van der Waals surface area contributed by atoms with Gasteiger partial charge in [-0.15, -0.1) is 0 Å². The van der Waals surface area contributed by atoms with Gasteiger partial charge in [0.2, 0.25) is 5.91 Å². The average Bonchev–Trinajstić information content (AvgIpc) is 3.30. The molecular formula is C24H24N2O5. The monoisotopic (exact) mass is 420 g/mol. The highest BCUT2D eigenvalue weighted by molar-refractivity contribution is 6.25. The highest BCUT2D eigenvalue weighted by Gasteiger charge is 2.32. The van der Waals surface area contributed by atoms with Crippen LogP contribution < -0.4 is 5.32 Å². The van der Waals surface area contributed by atoms with E-state index in [-0.39, 0.29) is 30.7 Å². The van der Waals surface area contributed by atoms with Crippen molar-refractivity contribution in [2.45, 2.75) is 25.9 Å². The lowest BCUT2D eigenvalue weighted by atomic mass is 9.94. The van der Waals surface area contributed by atoms with Crippen LogP contribution in [0.15, 0.2) is 59.2 Å². The van der Waals surface area contributed by atoms with E-state index < -0.39 is 0 Å². The number of benzene rings is 2. The van der Waals surface area contributed by atoms with Crippen LogP contribution in [-0.4, -0.2) is 42.3 Å². The average molecular weight is 420 g/mol. The number of furan rings is 1. The molecule has 0 spiro atoms. The van der Waals surface area contributed by atoms with Crippen LogP contribution in [0.25, 0.3) is 10.8 Å². The first kappa shape index (κ1) is 20.8. The van der Waals surface area contributed by atoms with Crippen molar-refractivity contribution in [3.05, 3.63) is 71.7 Å². The molecule has 31 heavy (non-hydrogen) atoms. The summed E-state index contributed by atoms with van der Waals surface area (Å²) in [7, 11) is 0. The van der Waals surface area contributed by atoms with Gasteiger partial charge in [0.1, 0.15) is 12.4 Å². The lowest BCUT2D eigenvalue weighted by Gasteiger charge is -2.27. The van der Waals surface area contributed by atoms with Crippen LogP contribution >= 0.6 is 0 Å². The molecule has 1 N–H and O–H groups in total. The van der Waals surface area contributed by atoms with Crippen LogP contribution in [0.5, 0.6) is 0 Å². The van der Waals surface area contributed by atoms with Gasteiger partial charge in [0, 0.05) is 42.6 Å². The van der Waals surface area contributed by atoms with Crippen molar-refractivity contribution < 1.29 is 23.5 Å². The topological polar surface area (TPSA) is 88.9 Å². The van der Waals surface area contributed by atoms with E-state index in [4.69, 9.17) is 9.15 Å². The SMILES string of the molecule is O=C(CCCN1C(=O)c2cccc3cccc(c23)C1=O)NCCCOCc1ccco1. The molecular weight excluding hydrogens is 396 g/mol. The molecule has 0 saturated heterocycles. The van der Waals surface area contributed by atoms with Crippen LogP contribution in [0.3, 0.4) is 0 Å². The Morgan fingerprint density at radius 1 is 0.968 bits per heavy atom. The molecule has 160 valence electrons. The van der Waals surface area contributed by atoms with E-state index >= 15 is 0 Å². The molecule has 7 nitrogen and oxygen atoms in total. The van der Waals surface area contributed by atoms with Gasteiger partial charge in [0.05, 0.1) is 6.26 Å². The van der Waals surface area contributed by atoms with Gasteiger partial charge in [-0.2, -0.15) is 0 Å². The van der Waals surface area contributed by atoms with Crippen molar-refractivity contribution in [1.82, 2.24) is 10.2 Å². The molecule has 0 fully saturated rings. The second-order valence-corrected chi connectivity index (χ2v) is 7.41. The molecule has 1 aliphatic heterocycles. The third-order valence-electron chi connectivity index (χ3n) is 5.25. The number of hydrogen-bond acceptors (Lipinski definition) is 5. The molecule has 0 saturated carbocycles. The third-order valence-corrected chi connectivity index (χ3v) is 5.25. The van der Waals surface area contributed by atoms with Gasteiger partial charge in [-0.1, -0.05) is 24.3 Å². The molecule has 0 atom stereocenters. The highest BCUT2D eigenvalue weighted by Crippen LogP contribution is 2.30. The Morgan fingerprint density at radius 3 is 2.39 bits per heavy atom. The van der Waals surface area contributed by atoms with E-state index in [2.05, 4.69) is 5.32 Å². The number of nitrogens with zero attached hydrogens (tertiary/aromatic N) is 1. The normalized spacial score (nSPS) is 13.1. The summed E-state index contributed by atoms with van der Waals surface area (Å²) < 4.78 is 10.6. The van der Waals surface area contributed by atoms with Crippen LogP contribution in [0.1, 0.15) is 45.7 Å². The molecule has 3 aromatic rings. The van der Waals surface area contributed by atoms with Crippen molar-refractivity contribution in [3.63, 3.8) is 0 Å². The summed E-state index contributed by atoms with van der Waals surface area (Å²) in [6.45, 7) is 1.65. The van der Waals surface area contributed by atoms with Gasteiger partial charge in [0.15, 0.2) is 0 Å². The maximum atomic E-state index is 12.8. The molecule has 1 aliphatic rings. The molecule has 0 bridgehead atoms. The number of ether oxygens (including phenoxy) is 1. The lowest BCUT2D eigenvalue weighted by Crippen LogP contribution is -2.41. The van der Waals surface area contributed by atoms with E-state index in [1.807, 2.05) is 36.4 Å². The van der Waals surface area contributed by atoms with E-state index in [9.17, 15) is 14.4 Å². The minimum absolute atomic E-state index is 0.106. The summed E-state index contributed by atoms with van der Waals surface area (Å²) in [5, 5.41) is 4.43. The summed E-state index contributed by atoms with van der Waals surface area (Å²) in [6.07, 6.45) is 2.95. The Kier molecular flexibility index (Phi) is 6.43. The minimum Gasteiger partial charge on any atom is -0.467 e. The minimum atomic E-state index is -0.302. The van der Waals surface area contributed by atoms with Gasteiger partial charge >= 0.3 is 0 Å². The summed E-state index contributed by atoms with van der Waals surface area (Å²) in [6, 6.07) is 14.6. The molecule has 0 aliphatic carbocycles. The Morgan fingerprint density at radius 2 is 1.71 bits per heavy atom. The maximum Gasteiger partial charge on any atom is 0.261 e. The fraction of sp³-hybridized carbons (Fsp3) is 0.292. The Hall–Kier alpha value is -3.45. The first-order valence-corrected chi connectivity index (χ1v) is 10.4. The predicted octanol–water partition coefficient (Wildman–Crippen LogP) is 3.53. The van der Waals surface area contributed by atoms with E-state index in [1.54, 1.807) is 18.4 Å². The number of amides is 3. The standard InChI is InChI=1S/C24H24N2O5/c27-21(25-12-5-14-30-16-18-8-4-15-31-18)11-3-13-26-23(28)19-9-1-6-17-7-2-10-20(22(17)19)24(26)29/h1-2,4,6-10,15H,3,5,11-14,16H2,(H,25,27). The highest BCUT2D eigenvalue weighted by atomic mass is 16.5. The van der Waals surface area contributed by atoms with Gasteiger partial charge in [-0.3, -0.25) is 19.3 Å². The fourth-order valence-corrected chi connectivity index (χ4v) is 3.74. The summed E-state index contributed by atoms with van der Waals surface area (Å²) in [5.41, 5.74) is 1.07. The van der Waals surface area contributed by atoms with E-state index in [0.29, 0.717) is 49.1 Å². The van der Waals surface area contributed by atoms with E-state index in [0.717, 1.165) is 11.1 Å². The Labute approximate surface area is 180 Å². The van der Waals surface area contributed by atoms with Gasteiger partial charge < -0.3 is 14.5 Å². The van der Waals surface area contributed by atoms with Crippen LogP contribution in [-0.2, 0) is 16.1 Å². The smallest absolute Gasteiger partial charge is 0.261 e. The van der Waals surface area contributed by atoms with Gasteiger partial charge in [-0.05, 0) is 42.5 Å². The van der Waals surface area contributed by atoms with Crippen molar-refractivity contribution in [2.24, 2.45) is 0 Å². The number of carbonyl (C=O) groups is 3. The zero-order valence-corrected chi connectivity index (χ0v) is 17.1. The van der Waals surface area contributed by atoms with Crippen molar-refractivity contribution in [3.8, 4) is 0 Å². The fourth-order valence-electron chi connectivity index (χ4n) is 3.74. The molecule has 4 rings (SSSR count). The summed E-state index contributed by atoms with van der Waals surface area (Å²) >= 11 is 0. The zero-order chi connectivity index (χ0) is 21.6. The van der Waals surface area contributed by atoms with E-state index in [1.165, 1.54) is 4.90 Å². The summed E-state index contributed by atoms with van der Waals surface area (Å²) in [5.74, 6) is 0.0574. The first-order chi connectivity index (χ1) is 15.1. The van der Waals surface area contributed by atoms with Gasteiger partial charge in [0.25, 0.3) is 11.8 Å². The quantitative estimate of drug-likeness (QED) is 0.400. The number of nitrogens with one attached hydrogen (secondary N) is 1. The van der Waals surface area contributed by atoms with Crippen LogP contribution in [0.2, 0.25) is 0 Å². The number of carbonyl (C=O) groups excluding carboxylic acids is 3. The second-order valence-electron chi connectivity index (χ2n) is 7.41. The molecule has 3 amide bonds. The number of hydrogen-bond donors (Lipinski definition) is 1. The summed E-state index contributed by atoms with van der Waals surface area (Å²) in [4.78, 5) is 39.0. The molecule has 0 unspecified atom stereocenters. The van der Waals surface area contributed by atoms with Crippen molar-refractivity contribution >= 4 is 28.5 Å². The predicted molar refractivity (Wildman–Crippen MR) is 115 cm³/mol. The van der Waals surface area contributed by atoms with Crippen LogP contribution in [0.4, 0.5) is 0 Å². The third kappa shape index (κ3) is 4.67. The molecule has 7 heteroatoms. The lowest BCUT2D eigenvalue weighted by molar-refractivity contribution is -0.121. The largest absolute Gasteiger partial charge is 0.467 e. The van der Waals surface area contributed by atoms with Crippen LogP contribution in [0, 0.1) is 0 Å². The zero-order valence-electron chi connectivity index (χ0n) is 17.1. The Bertz CT molecular complexity index is 1040. The number of rotatable bonds is 10. The maximum absolute atomic E-state index is 12.8.